The highest BCUT2D eigenvalue weighted by Gasteiger charge is 2.37. The van der Waals surface area contributed by atoms with E-state index in [9.17, 15) is 13.2 Å². The monoisotopic (exact) mass is 316 g/mol. The molecule has 1 aromatic carbocycles. The van der Waals surface area contributed by atoms with E-state index in [0.29, 0.717) is 0 Å². The molecule has 0 bridgehead atoms. The Kier molecular flexibility index (Phi) is 4.69. The molecule has 0 aliphatic heterocycles. The minimum Gasteiger partial charge on any atom is -0.482 e. The molecule has 0 heterocycles. The quantitative estimate of drug-likeness (QED) is 0.629. The second-order valence-corrected chi connectivity index (χ2v) is 8.74. The highest BCUT2D eigenvalue weighted by Crippen LogP contribution is 2.42. The van der Waals surface area contributed by atoms with Crippen molar-refractivity contribution in [1.82, 2.24) is 0 Å². The third-order valence-electron chi connectivity index (χ3n) is 3.18. The molecule has 0 fully saturated rings. The van der Waals surface area contributed by atoms with Crippen LogP contribution in [-0.2, 0) is 10.8 Å². The van der Waals surface area contributed by atoms with Crippen molar-refractivity contribution < 1.29 is 17.9 Å². The number of benzene rings is 1. The fourth-order valence-corrected chi connectivity index (χ4v) is 2.35. The lowest BCUT2D eigenvalue weighted by Gasteiger charge is -2.31. The van der Waals surface area contributed by atoms with Crippen LogP contribution in [0.3, 0.4) is 0 Å². The minimum atomic E-state index is -0.953. The van der Waals surface area contributed by atoms with Crippen molar-refractivity contribution in [3.05, 3.63) is 28.6 Å². The van der Waals surface area contributed by atoms with E-state index in [0.717, 1.165) is 0 Å². The predicted molar refractivity (Wildman–Crippen MR) is 84.1 cm³/mol. The van der Waals surface area contributed by atoms with E-state index < -0.39 is 39.6 Å². The Balaban J connectivity index is 3.87. The summed E-state index contributed by atoms with van der Waals surface area (Å²) in [5.74, 6) is -3.23. The molecule has 1 rings (SSSR count). The van der Waals surface area contributed by atoms with Gasteiger partial charge in [0.2, 0.25) is 0 Å². The minimum absolute atomic E-state index is 0.141. The Morgan fingerprint density at radius 1 is 0.591 bits per heavy atom. The molecule has 0 N–H and O–H groups in total. The van der Waals surface area contributed by atoms with Crippen LogP contribution in [0, 0.1) is 17.5 Å². The van der Waals surface area contributed by atoms with Gasteiger partial charge in [0.15, 0.2) is 17.4 Å². The highest BCUT2D eigenvalue weighted by molar-refractivity contribution is 5.45. The topological polar surface area (TPSA) is 9.23 Å². The average Bonchev–Trinajstić information content (AvgIpc) is 2.18. The van der Waals surface area contributed by atoms with Gasteiger partial charge in [0, 0.05) is 11.1 Å². The van der Waals surface area contributed by atoms with Gasteiger partial charge in [0.1, 0.15) is 11.4 Å². The SMILES string of the molecule is CC(C)(C)Oc1c(F)c(C(C)(C)C)c(F)c(C(C)(C)C)c1F. The van der Waals surface area contributed by atoms with Crippen LogP contribution in [0.4, 0.5) is 13.2 Å². The molecule has 0 atom stereocenters. The molecule has 4 heteroatoms. The fourth-order valence-electron chi connectivity index (χ4n) is 2.35. The lowest BCUT2D eigenvalue weighted by Crippen LogP contribution is -2.29. The molecule has 0 radical (unpaired) electrons. The molecular weight excluding hydrogens is 289 g/mol. The van der Waals surface area contributed by atoms with Crippen molar-refractivity contribution in [2.24, 2.45) is 0 Å². The van der Waals surface area contributed by atoms with Crippen LogP contribution in [0.5, 0.6) is 5.75 Å². The van der Waals surface area contributed by atoms with Crippen LogP contribution < -0.4 is 4.74 Å². The molecule has 1 aromatic rings. The van der Waals surface area contributed by atoms with Gasteiger partial charge in [-0.05, 0) is 31.6 Å². The maximum Gasteiger partial charge on any atom is 0.192 e. The number of ether oxygens (including phenoxy) is 1. The van der Waals surface area contributed by atoms with Crippen LogP contribution >= 0.6 is 0 Å². The summed E-state index contributed by atoms with van der Waals surface area (Å²) in [5, 5.41) is 0. The van der Waals surface area contributed by atoms with Crippen molar-refractivity contribution in [1.29, 1.82) is 0 Å². The van der Waals surface area contributed by atoms with E-state index in [1.165, 1.54) is 0 Å². The zero-order valence-electron chi connectivity index (χ0n) is 15.0. The van der Waals surface area contributed by atoms with Crippen LogP contribution in [0.1, 0.15) is 73.4 Å². The molecule has 0 aromatic heterocycles. The maximum atomic E-state index is 14.9. The van der Waals surface area contributed by atoms with Gasteiger partial charge in [-0.2, -0.15) is 0 Å². The van der Waals surface area contributed by atoms with E-state index in [4.69, 9.17) is 4.74 Å². The maximum absolute atomic E-state index is 14.9. The summed E-state index contributed by atoms with van der Waals surface area (Å²) in [6.07, 6.45) is 0. The second-order valence-electron chi connectivity index (χ2n) is 8.74. The van der Waals surface area contributed by atoms with Gasteiger partial charge in [-0.3, -0.25) is 0 Å². The lowest BCUT2D eigenvalue weighted by molar-refractivity contribution is 0.115. The summed E-state index contributed by atoms with van der Waals surface area (Å²) in [5.41, 5.74) is -2.68. The summed E-state index contributed by atoms with van der Waals surface area (Å²) < 4.78 is 49.9. The van der Waals surface area contributed by atoms with Crippen molar-refractivity contribution in [3.63, 3.8) is 0 Å². The highest BCUT2D eigenvalue weighted by atomic mass is 19.1. The van der Waals surface area contributed by atoms with E-state index in [2.05, 4.69) is 0 Å². The summed E-state index contributed by atoms with van der Waals surface area (Å²) >= 11 is 0. The number of rotatable bonds is 1. The first-order valence-electron chi connectivity index (χ1n) is 7.48. The summed E-state index contributed by atoms with van der Waals surface area (Å²) in [6, 6.07) is 0. The zero-order valence-corrected chi connectivity index (χ0v) is 15.0. The summed E-state index contributed by atoms with van der Waals surface area (Å²) in [6.45, 7) is 15.3. The van der Waals surface area contributed by atoms with Gasteiger partial charge >= 0.3 is 0 Å². The largest absolute Gasteiger partial charge is 0.482 e. The third kappa shape index (κ3) is 3.76. The molecule has 1 nitrogen and oxygen atoms in total. The molecule has 22 heavy (non-hydrogen) atoms. The molecular formula is C18H27F3O. The molecule has 0 amide bonds. The van der Waals surface area contributed by atoms with E-state index in [1.807, 2.05) is 0 Å². The Hall–Kier alpha value is -1.19. The van der Waals surface area contributed by atoms with Crippen molar-refractivity contribution >= 4 is 0 Å². The Morgan fingerprint density at radius 2 is 0.909 bits per heavy atom. The predicted octanol–water partition coefficient (Wildman–Crippen LogP) is 5.88. The standard InChI is InChI=1S/C18H27F3O/c1-16(2,3)10-12(19)11(17(4,5)6)14(21)15(13(10)20)22-18(7,8)9/h1-9H3. The van der Waals surface area contributed by atoms with E-state index in [-0.39, 0.29) is 11.1 Å². The summed E-state index contributed by atoms with van der Waals surface area (Å²) in [4.78, 5) is 0. The molecule has 0 spiro atoms. The molecule has 0 unspecified atom stereocenters. The first-order valence-corrected chi connectivity index (χ1v) is 7.48. The number of hydrogen-bond acceptors (Lipinski definition) is 1. The van der Waals surface area contributed by atoms with Gasteiger partial charge in [-0.1, -0.05) is 41.5 Å². The van der Waals surface area contributed by atoms with Crippen molar-refractivity contribution in [2.45, 2.75) is 78.7 Å². The van der Waals surface area contributed by atoms with Crippen LogP contribution in [0.2, 0.25) is 0 Å². The normalized spacial score (nSPS) is 13.5. The van der Waals surface area contributed by atoms with Crippen molar-refractivity contribution in [2.75, 3.05) is 0 Å². The van der Waals surface area contributed by atoms with Gasteiger partial charge < -0.3 is 4.74 Å². The Morgan fingerprint density at radius 3 is 1.14 bits per heavy atom. The third-order valence-corrected chi connectivity index (χ3v) is 3.18. The molecule has 0 saturated carbocycles. The molecule has 0 saturated heterocycles. The zero-order chi connectivity index (χ0) is 17.7. The fraction of sp³-hybridized carbons (Fsp3) is 0.667. The van der Waals surface area contributed by atoms with E-state index in [1.54, 1.807) is 62.3 Å². The molecule has 0 aliphatic carbocycles. The number of halogens is 3. The van der Waals surface area contributed by atoms with Crippen LogP contribution in [-0.4, -0.2) is 5.60 Å². The average molecular weight is 316 g/mol. The first-order chi connectivity index (χ1) is 9.57. The van der Waals surface area contributed by atoms with Crippen LogP contribution in [0.15, 0.2) is 0 Å². The lowest BCUT2D eigenvalue weighted by atomic mass is 9.79. The summed E-state index contributed by atoms with van der Waals surface area (Å²) in [7, 11) is 0. The van der Waals surface area contributed by atoms with Gasteiger partial charge in [-0.25, -0.2) is 13.2 Å². The Bertz CT molecular complexity index is 529. The second kappa shape index (κ2) is 5.47. The van der Waals surface area contributed by atoms with Crippen molar-refractivity contribution in [3.8, 4) is 5.75 Å². The number of hydrogen-bond donors (Lipinski definition) is 0. The molecule has 126 valence electrons. The van der Waals surface area contributed by atoms with E-state index >= 15 is 0 Å². The van der Waals surface area contributed by atoms with Gasteiger partial charge in [0.25, 0.3) is 0 Å². The molecule has 0 aliphatic rings. The first kappa shape index (κ1) is 18.9. The van der Waals surface area contributed by atoms with Crippen LogP contribution in [0.25, 0.3) is 0 Å². The van der Waals surface area contributed by atoms with Gasteiger partial charge in [-0.15, -0.1) is 0 Å². The smallest absolute Gasteiger partial charge is 0.192 e. The Labute approximate surface area is 131 Å². The van der Waals surface area contributed by atoms with Gasteiger partial charge in [0.05, 0.1) is 0 Å².